The lowest BCUT2D eigenvalue weighted by Crippen LogP contribution is -2.07. The summed E-state index contributed by atoms with van der Waals surface area (Å²) < 4.78 is 1.85. The van der Waals surface area contributed by atoms with Crippen LogP contribution in [0.4, 0.5) is 0 Å². The molecule has 0 amide bonds. The number of nitrogens with zero attached hydrogens (tertiary/aromatic N) is 4. The van der Waals surface area contributed by atoms with Gasteiger partial charge in [0.1, 0.15) is 0 Å². The molecule has 0 aliphatic rings. The number of nitrogens with two attached hydrogens (primary N) is 1. The van der Waals surface area contributed by atoms with Crippen LogP contribution >= 0.6 is 0 Å². The molecule has 2 heterocycles. The monoisotopic (exact) mass is 231 g/mol. The van der Waals surface area contributed by atoms with Crippen LogP contribution in [-0.4, -0.2) is 20.0 Å². The number of aromatic nitrogens is 4. The van der Waals surface area contributed by atoms with Crippen molar-refractivity contribution in [1.29, 1.82) is 0 Å². The highest BCUT2D eigenvalue weighted by Gasteiger charge is 2.08. The first-order chi connectivity index (χ1) is 8.28. The second-order valence-corrected chi connectivity index (χ2v) is 3.83. The van der Waals surface area contributed by atoms with E-state index in [1.54, 1.807) is 0 Å². The van der Waals surface area contributed by atoms with Crippen LogP contribution in [0.5, 0.6) is 0 Å². The minimum atomic E-state index is 0.410. The standard InChI is InChI=1S/C12H17N5/c1-3-9-7-11(4-2)17(16-9)12-6-5-10(8-13)14-15-12/h5-7H,3-4,8,13H2,1-2H3. The number of hydrogen-bond acceptors (Lipinski definition) is 4. The highest BCUT2D eigenvalue weighted by molar-refractivity contribution is 5.26. The third-order valence-corrected chi connectivity index (χ3v) is 2.69. The minimum Gasteiger partial charge on any atom is -0.325 e. The molecule has 0 fully saturated rings. The molecule has 0 aliphatic carbocycles. The van der Waals surface area contributed by atoms with E-state index in [9.17, 15) is 0 Å². The number of rotatable bonds is 4. The van der Waals surface area contributed by atoms with E-state index in [0.717, 1.165) is 35.7 Å². The maximum Gasteiger partial charge on any atom is 0.175 e. The summed E-state index contributed by atoms with van der Waals surface area (Å²) in [7, 11) is 0. The van der Waals surface area contributed by atoms with E-state index in [4.69, 9.17) is 5.73 Å². The molecule has 5 heteroatoms. The summed E-state index contributed by atoms with van der Waals surface area (Å²) >= 11 is 0. The Morgan fingerprint density at radius 1 is 1.12 bits per heavy atom. The molecule has 0 bridgehead atoms. The summed E-state index contributed by atoms with van der Waals surface area (Å²) in [5, 5.41) is 12.7. The van der Waals surface area contributed by atoms with Crippen molar-refractivity contribution in [3.8, 4) is 5.82 Å². The molecule has 2 N–H and O–H groups in total. The van der Waals surface area contributed by atoms with E-state index in [1.165, 1.54) is 0 Å². The Morgan fingerprint density at radius 2 is 1.94 bits per heavy atom. The van der Waals surface area contributed by atoms with Crippen LogP contribution in [0.1, 0.15) is 30.9 Å². The Morgan fingerprint density at radius 3 is 2.47 bits per heavy atom. The molecular weight excluding hydrogens is 214 g/mol. The summed E-state index contributed by atoms with van der Waals surface area (Å²) in [4.78, 5) is 0. The SMILES string of the molecule is CCc1cc(CC)n(-c2ccc(CN)nn2)n1. The second kappa shape index (κ2) is 5.05. The van der Waals surface area contributed by atoms with Crippen molar-refractivity contribution >= 4 is 0 Å². The van der Waals surface area contributed by atoms with Crippen LogP contribution in [0.15, 0.2) is 18.2 Å². The van der Waals surface area contributed by atoms with Crippen molar-refractivity contribution in [2.24, 2.45) is 5.73 Å². The van der Waals surface area contributed by atoms with Crippen LogP contribution < -0.4 is 5.73 Å². The zero-order chi connectivity index (χ0) is 12.3. The minimum absolute atomic E-state index is 0.410. The fourth-order valence-corrected chi connectivity index (χ4v) is 1.67. The van der Waals surface area contributed by atoms with Gasteiger partial charge in [0.25, 0.3) is 0 Å². The normalized spacial score (nSPS) is 10.8. The summed E-state index contributed by atoms with van der Waals surface area (Å²) in [5.41, 5.74) is 8.51. The van der Waals surface area contributed by atoms with Gasteiger partial charge in [0.05, 0.1) is 11.4 Å². The van der Waals surface area contributed by atoms with E-state index in [2.05, 4.69) is 35.2 Å². The van der Waals surface area contributed by atoms with Gasteiger partial charge in [-0.15, -0.1) is 5.10 Å². The fourth-order valence-electron chi connectivity index (χ4n) is 1.67. The zero-order valence-corrected chi connectivity index (χ0v) is 10.2. The highest BCUT2D eigenvalue weighted by atomic mass is 15.3. The summed E-state index contributed by atoms with van der Waals surface area (Å²) in [6.45, 7) is 4.61. The number of aryl methyl sites for hydroxylation is 2. The van der Waals surface area contributed by atoms with Crippen molar-refractivity contribution in [3.05, 3.63) is 35.3 Å². The first-order valence-corrected chi connectivity index (χ1v) is 5.89. The topological polar surface area (TPSA) is 69.6 Å². The maximum atomic E-state index is 5.50. The van der Waals surface area contributed by atoms with Gasteiger partial charge in [-0.25, -0.2) is 4.68 Å². The van der Waals surface area contributed by atoms with E-state index in [0.29, 0.717) is 6.54 Å². The third-order valence-electron chi connectivity index (χ3n) is 2.69. The Balaban J connectivity index is 2.40. The smallest absolute Gasteiger partial charge is 0.175 e. The molecule has 0 aromatic carbocycles. The molecule has 2 aromatic heterocycles. The molecule has 0 radical (unpaired) electrons. The van der Waals surface area contributed by atoms with Gasteiger partial charge in [0.15, 0.2) is 5.82 Å². The summed E-state index contributed by atoms with van der Waals surface area (Å²) in [6.07, 6.45) is 1.85. The molecule has 0 saturated heterocycles. The second-order valence-electron chi connectivity index (χ2n) is 3.83. The van der Waals surface area contributed by atoms with Crippen LogP contribution in [0, 0.1) is 0 Å². The lowest BCUT2D eigenvalue weighted by molar-refractivity contribution is 0.744. The lowest BCUT2D eigenvalue weighted by atomic mass is 10.2. The van der Waals surface area contributed by atoms with Gasteiger partial charge in [-0.2, -0.15) is 10.2 Å². The molecule has 2 rings (SSSR count). The Kier molecular flexibility index (Phi) is 3.49. The highest BCUT2D eigenvalue weighted by Crippen LogP contribution is 2.11. The molecular formula is C12H17N5. The van der Waals surface area contributed by atoms with Crippen molar-refractivity contribution in [1.82, 2.24) is 20.0 Å². The van der Waals surface area contributed by atoms with Gasteiger partial charge < -0.3 is 5.73 Å². The van der Waals surface area contributed by atoms with Gasteiger partial charge in [-0.3, -0.25) is 0 Å². The third kappa shape index (κ3) is 2.34. The largest absolute Gasteiger partial charge is 0.325 e. The van der Waals surface area contributed by atoms with Gasteiger partial charge in [0, 0.05) is 12.2 Å². The lowest BCUT2D eigenvalue weighted by Gasteiger charge is -2.04. The van der Waals surface area contributed by atoms with Crippen LogP contribution in [0.2, 0.25) is 0 Å². The molecule has 0 saturated carbocycles. The molecule has 0 aliphatic heterocycles. The van der Waals surface area contributed by atoms with Crippen LogP contribution in [-0.2, 0) is 19.4 Å². The molecule has 5 nitrogen and oxygen atoms in total. The van der Waals surface area contributed by atoms with Gasteiger partial charge in [-0.05, 0) is 31.0 Å². The Bertz CT molecular complexity index is 486. The zero-order valence-electron chi connectivity index (χ0n) is 10.2. The van der Waals surface area contributed by atoms with Gasteiger partial charge in [0.2, 0.25) is 0 Å². The number of hydrogen-bond donors (Lipinski definition) is 1. The van der Waals surface area contributed by atoms with Crippen molar-refractivity contribution in [3.63, 3.8) is 0 Å². The average Bonchev–Trinajstić information content (AvgIpc) is 2.82. The van der Waals surface area contributed by atoms with Crippen molar-refractivity contribution in [2.45, 2.75) is 33.2 Å². The maximum absolute atomic E-state index is 5.50. The van der Waals surface area contributed by atoms with E-state index < -0.39 is 0 Å². The Hall–Kier alpha value is -1.75. The van der Waals surface area contributed by atoms with E-state index >= 15 is 0 Å². The first kappa shape index (κ1) is 11.7. The first-order valence-electron chi connectivity index (χ1n) is 5.89. The molecule has 2 aromatic rings. The molecule has 0 atom stereocenters. The predicted octanol–water partition coefficient (Wildman–Crippen LogP) is 1.25. The van der Waals surface area contributed by atoms with Gasteiger partial charge >= 0.3 is 0 Å². The molecule has 90 valence electrons. The average molecular weight is 231 g/mol. The van der Waals surface area contributed by atoms with Crippen molar-refractivity contribution in [2.75, 3.05) is 0 Å². The van der Waals surface area contributed by atoms with Crippen molar-refractivity contribution < 1.29 is 0 Å². The van der Waals surface area contributed by atoms with E-state index in [-0.39, 0.29) is 0 Å². The van der Waals surface area contributed by atoms with Gasteiger partial charge in [-0.1, -0.05) is 13.8 Å². The predicted molar refractivity (Wildman–Crippen MR) is 65.8 cm³/mol. The summed E-state index contributed by atoms with van der Waals surface area (Å²) in [6, 6.07) is 5.90. The van der Waals surface area contributed by atoms with Crippen LogP contribution in [0.3, 0.4) is 0 Å². The molecule has 0 spiro atoms. The van der Waals surface area contributed by atoms with E-state index in [1.807, 2.05) is 16.8 Å². The molecule has 0 unspecified atom stereocenters. The fraction of sp³-hybridized carbons (Fsp3) is 0.417. The quantitative estimate of drug-likeness (QED) is 0.859. The van der Waals surface area contributed by atoms with Crippen LogP contribution in [0.25, 0.3) is 5.82 Å². The summed E-state index contributed by atoms with van der Waals surface area (Å²) in [5.74, 6) is 0.749. The Labute approximate surface area is 101 Å². The molecule has 17 heavy (non-hydrogen) atoms.